The van der Waals surface area contributed by atoms with Gasteiger partial charge in [0.25, 0.3) is 0 Å². The SMILES string of the molecule is CC[C+]1CCC2=C1CC(N)CC2. The Morgan fingerprint density at radius 1 is 1.50 bits per heavy atom. The van der Waals surface area contributed by atoms with E-state index in [0.29, 0.717) is 6.04 Å². The van der Waals surface area contributed by atoms with Crippen LogP contribution in [0.4, 0.5) is 0 Å². The lowest BCUT2D eigenvalue weighted by Gasteiger charge is -2.16. The van der Waals surface area contributed by atoms with Crippen LogP contribution in [0.25, 0.3) is 0 Å². The first-order valence-electron chi connectivity index (χ1n) is 5.12. The number of nitrogens with two attached hydrogens (primary N) is 1. The standard InChI is InChI=1S/C11H18N/c1-2-8-3-4-9-5-6-10(12)7-11(8)9/h10H,2-7,12H2,1H3/q+1. The fourth-order valence-corrected chi connectivity index (χ4v) is 2.53. The fraction of sp³-hybridized carbons (Fsp3) is 0.727. The largest absolute Gasteiger partial charge is 0.327 e. The van der Waals surface area contributed by atoms with Gasteiger partial charge in [0.2, 0.25) is 0 Å². The van der Waals surface area contributed by atoms with Crippen molar-refractivity contribution in [1.29, 1.82) is 0 Å². The number of hydrogen-bond acceptors (Lipinski definition) is 1. The van der Waals surface area contributed by atoms with Crippen molar-refractivity contribution >= 4 is 0 Å². The van der Waals surface area contributed by atoms with Gasteiger partial charge in [0, 0.05) is 25.3 Å². The Morgan fingerprint density at radius 3 is 3.08 bits per heavy atom. The lowest BCUT2D eigenvalue weighted by molar-refractivity contribution is 0.570. The summed E-state index contributed by atoms with van der Waals surface area (Å²) >= 11 is 0. The quantitative estimate of drug-likeness (QED) is 0.592. The second-order valence-electron chi connectivity index (χ2n) is 4.04. The molecule has 0 heterocycles. The van der Waals surface area contributed by atoms with Crippen LogP contribution >= 0.6 is 0 Å². The van der Waals surface area contributed by atoms with Crippen LogP contribution in [0.5, 0.6) is 0 Å². The monoisotopic (exact) mass is 164 g/mol. The zero-order chi connectivity index (χ0) is 8.55. The average Bonchev–Trinajstić information content (AvgIpc) is 2.46. The summed E-state index contributed by atoms with van der Waals surface area (Å²) in [5.41, 5.74) is 9.35. The zero-order valence-electron chi connectivity index (χ0n) is 7.90. The molecule has 1 atom stereocenters. The average molecular weight is 164 g/mol. The highest BCUT2D eigenvalue weighted by molar-refractivity contribution is 5.38. The van der Waals surface area contributed by atoms with E-state index < -0.39 is 0 Å². The molecule has 66 valence electrons. The van der Waals surface area contributed by atoms with Crippen LogP contribution in [-0.4, -0.2) is 6.04 Å². The molecule has 0 radical (unpaired) electrons. The van der Waals surface area contributed by atoms with E-state index in [1.54, 1.807) is 17.1 Å². The first-order valence-corrected chi connectivity index (χ1v) is 5.12. The molecule has 0 saturated heterocycles. The van der Waals surface area contributed by atoms with E-state index in [1.165, 1.54) is 38.5 Å². The van der Waals surface area contributed by atoms with Gasteiger partial charge in [-0.3, -0.25) is 0 Å². The normalized spacial score (nSPS) is 29.5. The summed E-state index contributed by atoms with van der Waals surface area (Å²) in [6.07, 6.45) is 7.57. The molecule has 1 heteroatoms. The van der Waals surface area contributed by atoms with Crippen LogP contribution in [0.2, 0.25) is 0 Å². The van der Waals surface area contributed by atoms with Crippen LogP contribution in [0, 0.1) is 5.92 Å². The Bertz CT molecular complexity index is 205. The van der Waals surface area contributed by atoms with Gasteiger partial charge in [-0.2, -0.15) is 0 Å². The molecule has 0 aromatic rings. The molecule has 2 N–H and O–H groups in total. The molecule has 0 aromatic carbocycles. The van der Waals surface area contributed by atoms with Crippen LogP contribution in [0.3, 0.4) is 0 Å². The van der Waals surface area contributed by atoms with Gasteiger partial charge in [-0.1, -0.05) is 0 Å². The predicted octanol–water partition coefficient (Wildman–Crippen LogP) is 2.57. The smallest absolute Gasteiger partial charge is 0.109 e. The summed E-state index contributed by atoms with van der Waals surface area (Å²) < 4.78 is 0. The van der Waals surface area contributed by atoms with Crippen molar-refractivity contribution in [2.24, 2.45) is 5.73 Å². The molecule has 0 bridgehead atoms. The summed E-state index contributed by atoms with van der Waals surface area (Å²) in [5, 5.41) is 0. The molecule has 2 aliphatic carbocycles. The highest BCUT2D eigenvalue weighted by atomic mass is 14.6. The van der Waals surface area contributed by atoms with Gasteiger partial charge in [-0.25, -0.2) is 0 Å². The topological polar surface area (TPSA) is 26.0 Å². The Labute approximate surface area is 75.0 Å². The molecular formula is C11H18N+. The molecule has 2 aliphatic rings. The van der Waals surface area contributed by atoms with Crippen molar-refractivity contribution in [3.63, 3.8) is 0 Å². The lowest BCUT2D eigenvalue weighted by atomic mass is 9.86. The van der Waals surface area contributed by atoms with Gasteiger partial charge in [0.05, 0.1) is 24.3 Å². The van der Waals surface area contributed by atoms with Gasteiger partial charge >= 0.3 is 0 Å². The van der Waals surface area contributed by atoms with Gasteiger partial charge in [0.1, 0.15) is 5.57 Å². The highest BCUT2D eigenvalue weighted by Gasteiger charge is 2.37. The van der Waals surface area contributed by atoms with Crippen LogP contribution < -0.4 is 5.73 Å². The minimum atomic E-state index is 0.448. The maximum atomic E-state index is 5.96. The number of allylic oxidation sites excluding steroid dienone is 1. The van der Waals surface area contributed by atoms with Crippen molar-refractivity contribution in [3.05, 3.63) is 17.1 Å². The van der Waals surface area contributed by atoms with Crippen LogP contribution in [-0.2, 0) is 0 Å². The van der Waals surface area contributed by atoms with Gasteiger partial charge in [-0.05, 0) is 13.3 Å². The molecule has 12 heavy (non-hydrogen) atoms. The molecule has 0 aliphatic heterocycles. The fourth-order valence-electron chi connectivity index (χ4n) is 2.53. The van der Waals surface area contributed by atoms with E-state index in [2.05, 4.69) is 6.92 Å². The molecule has 0 amide bonds. The summed E-state index contributed by atoms with van der Waals surface area (Å²) in [7, 11) is 0. The second kappa shape index (κ2) is 3.14. The zero-order valence-corrected chi connectivity index (χ0v) is 7.90. The maximum Gasteiger partial charge on any atom is 0.109 e. The van der Waals surface area contributed by atoms with Crippen molar-refractivity contribution in [1.82, 2.24) is 0 Å². The molecule has 1 unspecified atom stereocenters. The molecule has 0 aromatic heterocycles. The third-order valence-electron chi connectivity index (χ3n) is 3.29. The van der Waals surface area contributed by atoms with Gasteiger partial charge < -0.3 is 5.73 Å². The summed E-state index contributed by atoms with van der Waals surface area (Å²) in [6, 6.07) is 0.448. The number of rotatable bonds is 1. The Morgan fingerprint density at radius 2 is 2.33 bits per heavy atom. The Hall–Kier alpha value is -0.430. The molecule has 0 spiro atoms. The van der Waals surface area contributed by atoms with Crippen molar-refractivity contribution in [2.75, 3.05) is 0 Å². The van der Waals surface area contributed by atoms with Crippen molar-refractivity contribution in [3.8, 4) is 0 Å². The summed E-state index contributed by atoms with van der Waals surface area (Å²) in [6.45, 7) is 2.27. The predicted molar refractivity (Wildman–Crippen MR) is 51.6 cm³/mol. The maximum absolute atomic E-state index is 5.96. The molecule has 2 rings (SSSR count). The molecule has 0 saturated carbocycles. The first kappa shape index (κ1) is 8.18. The third-order valence-corrected chi connectivity index (χ3v) is 3.29. The van der Waals surface area contributed by atoms with E-state index in [0.717, 1.165) is 0 Å². The van der Waals surface area contributed by atoms with E-state index in [1.807, 2.05) is 0 Å². The first-order chi connectivity index (χ1) is 5.81. The van der Waals surface area contributed by atoms with Crippen molar-refractivity contribution in [2.45, 2.75) is 51.5 Å². The van der Waals surface area contributed by atoms with Crippen molar-refractivity contribution < 1.29 is 0 Å². The highest BCUT2D eigenvalue weighted by Crippen LogP contribution is 2.43. The Balaban J connectivity index is 2.14. The molecule has 1 nitrogen and oxygen atoms in total. The minimum absolute atomic E-state index is 0.448. The van der Waals surface area contributed by atoms with Crippen LogP contribution in [0.15, 0.2) is 11.1 Å². The summed E-state index contributed by atoms with van der Waals surface area (Å²) in [5.74, 6) is 1.69. The van der Waals surface area contributed by atoms with Gasteiger partial charge in [-0.15, -0.1) is 0 Å². The van der Waals surface area contributed by atoms with E-state index in [4.69, 9.17) is 5.73 Å². The lowest BCUT2D eigenvalue weighted by Crippen LogP contribution is -2.24. The van der Waals surface area contributed by atoms with E-state index in [-0.39, 0.29) is 0 Å². The third kappa shape index (κ3) is 1.27. The second-order valence-corrected chi connectivity index (χ2v) is 4.04. The van der Waals surface area contributed by atoms with E-state index in [9.17, 15) is 0 Å². The number of hydrogen-bond donors (Lipinski definition) is 1. The van der Waals surface area contributed by atoms with Gasteiger partial charge in [0.15, 0.2) is 0 Å². The molecular weight excluding hydrogens is 146 g/mol. The Kier molecular flexibility index (Phi) is 2.14. The van der Waals surface area contributed by atoms with E-state index >= 15 is 0 Å². The summed E-state index contributed by atoms with van der Waals surface area (Å²) in [4.78, 5) is 0. The minimum Gasteiger partial charge on any atom is -0.327 e. The molecule has 0 fully saturated rings. The van der Waals surface area contributed by atoms with Crippen LogP contribution in [0.1, 0.15) is 45.4 Å².